The van der Waals surface area contributed by atoms with Crippen molar-refractivity contribution in [1.29, 1.82) is 0 Å². The number of halogens is 1. The quantitative estimate of drug-likeness (QED) is 0.315. The molecule has 3 aliphatic rings. The Morgan fingerprint density at radius 2 is 2.00 bits per heavy atom. The van der Waals surface area contributed by atoms with Gasteiger partial charge in [-0.25, -0.2) is 8.42 Å². The fraction of sp³-hybridized carbons (Fsp3) is 0.682. The Kier molecular flexibility index (Phi) is 9.19. The number of hydrogen-bond acceptors (Lipinski definition) is 5. The lowest BCUT2D eigenvalue weighted by Gasteiger charge is -2.36. The van der Waals surface area contributed by atoms with E-state index in [9.17, 15) is 8.42 Å². The average molecular weight is 578 g/mol. The van der Waals surface area contributed by atoms with Gasteiger partial charge in [0.25, 0.3) is 0 Å². The van der Waals surface area contributed by atoms with E-state index in [0.29, 0.717) is 19.1 Å². The van der Waals surface area contributed by atoms with Gasteiger partial charge in [-0.3, -0.25) is 9.89 Å². The summed E-state index contributed by atoms with van der Waals surface area (Å²) in [5.41, 5.74) is 1.32. The molecule has 0 amide bonds. The van der Waals surface area contributed by atoms with E-state index in [1.807, 2.05) is 0 Å². The van der Waals surface area contributed by atoms with Gasteiger partial charge in [-0.15, -0.1) is 24.0 Å². The van der Waals surface area contributed by atoms with Gasteiger partial charge in [0.05, 0.1) is 31.6 Å². The number of hydrogen-bond donors (Lipinski definition) is 1. The van der Waals surface area contributed by atoms with E-state index < -0.39 is 10.0 Å². The van der Waals surface area contributed by atoms with Crippen molar-refractivity contribution in [1.82, 2.24) is 19.4 Å². The number of ether oxygens (including phenoxy) is 1. The lowest BCUT2D eigenvalue weighted by atomic mass is 10.1. The number of nitrogens with zero attached hydrogens (tertiary/aromatic N) is 4. The second-order valence-corrected chi connectivity index (χ2v) is 10.6. The number of aliphatic imine (C=N–C) groups is 1. The first kappa shape index (κ1) is 25.7. The largest absolute Gasteiger partial charge is 0.373 e. The van der Waals surface area contributed by atoms with Gasteiger partial charge < -0.3 is 15.0 Å². The molecule has 1 aromatic carbocycles. The predicted molar refractivity (Wildman–Crippen MR) is 138 cm³/mol. The summed E-state index contributed by atoms with van der Waals surface area (Å²) in [5, 5.41) is 3.41. The number of guanidine groups is 1. The van der Waals surface area contributed by atoms with E-state index >= 15 is 0 Å². The average Bonchev–Trinajstić information content (AvgIpc) is 3.39. The van der Waals surface area contributed by atoms with E-state index in [-0.39, 0.29) is 36.1 Å². The van der Waals surface area contributed by atoms with Crippen molar-refractivity contribution in [3.05, 3.63) is 35.9 Å². The zero-order chi connectivity index (χ0) is 21.8. The molecule has 0 saturated carbocycles. The fourth-order valence-corrected chi connectivity index (χ4v) is 6.17. The second kappa shape index (κ2) is 11.5. The molecule has 8 nitrogen and oxygen atoms in total. The number of morpholine rings is 1. The molecule has 0 spiro atoms. The van der Waals surface area contributed by atoms with Gasteiger partial charge in [0.1, 0.15) is 0 Å². The maximum Gasteiger partial charge on any atom is 0.211 e. The second-order valence-electron chi connectivity index (χ2n) is 8.70. The lowest BCUT2D eigenvalue weighted by Crippen LogP contribution is -2.50. The molecule has 180 valence electrons. The third-order valence-corrected chi connectivity index (χ3v) is 7.81. The summed E-state index contributed by atoms with van der Waals surface area (Å²) in [6.07, 6.45) is 3.24. The summed E-state index contributed by atoms with van der Waals surface area (Å²) in [7, 11) is -3.18. The molecule has 3 atom stereocenters. The van der Waals surface area contributed by atoms with Crippen LogP contribution in [0.3, 0.4) is 0 Å². The number of fused-ring (bicyclic) bond motifs is 1. The number of nitrogens with one attached hydrogen (secondary N) is 1. The van der Waals surface area contributed by atoms with Crippen LogP contribution in [-0.4, -0.2) is 98.8 Å². The summed E-state index contributed by atoms with van der Waals surface area (Å²) in [6.45, 7) is 8.23. The number of sulfonamides is 1. The minimum absolute atomic E-state index is 0. The Labute approximate surface area is 209 Å². The van der Waals surface area contributed by atoms with Crippen LogP contribution >= 0.6 is 24.0 Å². The van der Waals surface area contributed by atoms with Crippen molar-refractivity contribution in [2.45, 2.75) is 44.5 Å². The molecule has 0 bridgehead atoms. The molecule has 3 saturated heterocycles. The Morgan fingerprint density at radius 1 is 1.22 bits per heavy atom. The van der Waals surface area contributed by atoms with Gasteiger partial charge in [-0.1, -0.05) is 30.3 Å². The first-order valence-corrected chi connectivity index (χ1v) is 13.2. The van der Waals surface area contributed by atoms with Crippen LogP contribution in [-0.2, 0) is 21.3 Å². The van der Waals surface area contributed by atoms with Crippen LogP contribution in [0.25, 0.3) is 0 Å². The summed E-state index contributed by atoms with van der Waals surface area (Å²) in [6, 6.07) is 10.9. The third kappa shape index (κ3) is 6.13. The Bertz CT molecular complexity index is 870. The molecule has 3 aliphatic heterocycles. The number of likely N-dealkylation sites (tertiary alicyclic amines) is 1. The number of benzene rings is 1. The maximum atomic E-state index is 12.1. The number of rotatable bonds is 6. The standard InChI is InChI=1S/C22H35N5O3S.HI/c1-3-23-22(24-14-19-10-7-11-27(19)31(2,28)29)26-16-20-21(17-26)30-13-12-25(20)15-18-8-5-4-6-9-18;/h4-6,8-9,19-21H,3,7,10-17H2,1-2H3,(H,23,24);1H/t19-,20?,21?;/m1./s1. The zero-order valence-electron chi connectivity index (χ0n) is 19.0. The molecule has 32 heavy (non-hydrogen) atoms. The highest BCUT2D eigenvalue weighted by molar-refractivity contribution is 14.0. The van der Waals surface area contributed by atoms with Crippen LogP contribution in [0.2, 0.25) is 0 Å². The first-order chi connectivity index (χ1) is 15.0. The van der Waals surface area contributed by atoms with Gasteiger partial charge in [-0.2, -0.15) is 4.31 Å². The SMILES string of the molecule is CCNC(=NC[C@H]1CCCN1S(C)(=O)=O)N1CC2OCCN(Cc3ccccc3)C2C1.I. The van der Waals surface area contributed by atoms with Crippen LogP contribution in [0.1, 0.15) is 25.3 Å². The highest BCUT2D eigenvalue weighted by Crippen LogP contribution is 2.25. The Hall–Kier alpha value is -0.950. The van der Waals surface area contributed by atoms with Gasteiger partial charge in [0.2, 0.25) is 10.0 Å². The monoisotopic (exact) mass is 577 g/mol. The fourth-order valence-electron chi connectivity index (χ4n) is 4.99. The summed E-state index contributed by atoms with van der Waals surface area (Å²) >= 11 is 0. The highest BCUT2D eigenvalue weighted by atomic mass is 127. The molecule has 10 heteroatoms. The van der Waals surface area contributed by atoms with Crippen molar-refractivity contribution in [2.24, 2.45) is 4.99 Å². The van der Waals surface area contributed by atoms with Crippen LogP contribution in [0.4, 0.5) is 0 Å². The van der Waals surface area contributed by atoms with Crippen LogP contribution in [0.15, 0.2) is 35.3 Å². The minimum atomic E-state index is -3.18. The minimum Gasteiger partial charge on any atom is -0.373 e. The maximum absolute atomic E-state index is 12.1. The smallest absolute Gasteiger partial charge is 0.211 e. The summed E-state index contributed by atoms with van der Waals surface area (Å²) in [5.74, 6) is 0.862. The lowest BCUT2D eigenvalue weighted by molar-refractivity contribution is -0.0502. The van der Waals surface area contributed by atoms with Crippen molar-refractivity contribution in [3.8, 4) is 0 Å². The molecule has 1 aromatic rings. The molecule has 2 unspecified atom stereocenters. The van der Waals surface area contributed by atoms with Crippen molar-refractivity contribution < 1.29 is 13.2 Å². The molecule has 0 radical (unpaired) electrons. The van der Waals surface area contributed by atoms with Crippen molar-refractivity contribution >= 4 is 40.0 Å². The predicted octanol–water partition coefficient (Wildman–Crippen LogP) is 1.58. The van der Waals surface area contributed by atoms with Gasteiger partial charge in [0.15, 0.2) is 5.96 Å². The highest BCUT2D eigenvalue weighted by Gasteiger charge is 2.41. The Morgan fingerprint density at radius 3 is 2.72 bits per heavy atom. The van der Waals surface area contributed by atoms with E-state index in [2.05, 4.69) is 52.4 Å². The van der Waals surface area contributed by atoms with Gasteiger partial charge in [-0.05, 0) is 25.3 Å². The topological polar surface area (TPSA) is 77.5 Å². The molecular formula is C22H36IN5O3S. The van der Waals surface area contributed by atoms with Crippen LogP contribution in [0, 0.1) is 0 Å². The van der Waals surface area contributed by atoms with Gasteiger partial charge in [0, 0.05) is 45.3 Å². The van der Waals surface area contributed by atoms with Crippen molar-refractivity contribution in [2.75, 3.05) is 52.1 Å². The molecule has 3 heterocycles. The third-order valence-electron chi connectivity index (χ3n) is 6.48. The first-order valence-electron chi connectivity index (χ1n) is 11.4. The summed E-state index contributed by atoms with van der Waals surface area (Å²) in [4.78, 5) is 9.66. The molecular weight excluding hydrogens is 541 g/mol. The molecule has 0 aromatic heterocycles. The van der Waals surface area contributed by atoms with Crippen LogP contribution < -0.4 is 5.32 Å². The normalized spacial score (nSPS) is 27.2. The molecule has 0 aliphatic carbocycles. The van der Waals surface area contributed by atoms with Crippen molar-refractivity contribution in [3.63, 3.8) is 0 Å². The van der Waals surface area contributed by atoms with E-state index in [1.54, 1.807) is 4.31 Å². The van der Waals surface area contributed by atoms with E-state index in [4.69, 9.17) is 9.73 Å². The van der Waals surface area contributed by atoms with Crippen LogP contribution in [0.5, 0.6) is 0 Å². The Balaban J connectivity index is 0.00000289. The summed E-state index contributed by atoms with van der Waals surface area (Å²) < 4.78 is 31.8. The van der Waals surface area contributed by atoms with E-state index in [0.717, 1.165) is 58.1 Å². The zero-order valence-corrected chi connectivity index (χ0v) is 22.2. The molecule has 4 rings (SSSR count). The van der Waals surface area contributed by atoms with E-state index in [1.165, 1.54) is 11.8 Å². The molecule has 3 fully saturated rings. The van der Waals surface area contributed by atoms with Gasteiger partial charge >= 0.3 is 0 Å². The molecule has 1 N–H and O–H groups in total.